The Bertz CT molecular complexity index is 234. The Morgan fingerprint density at radius 3 is 2.82 bits per heavy atom. The van der Waals surface area contributed by atoms with Gasteiger partial charge in [-0.3, -0.25) is 4.79 Å². The molecule has 17 heavy (non-hydrogen) atoms. The summed E-state index contributed by atoms with van der Waals surface area (Å²) in [5.41, 5.74) is 0. The summed E-state index contributed by atoms with van der Waals surface area (Å²) >= 11 is 1.77. The molecule has 1 amide bonds. The van der Waals surface area contributed by atoms with Gasteiger partial charge in [0.25, 0.3) is 0 Å². The van der Waals surface area contributed by atoms with Crippen molar-refractivity contribution in [1.29, 1.82) is 0 Å². The van der Waals surface area contributed by atoms with Gasteiger partial charge in [0.05, 0.1) is 4.75 Å². The van der Waals surface area contributed by atoms with Crippen molar-refractivity contribution in [2.75, 3.05) is 18.9 Å². The highest BCUT2D eigenvalue weighted by Crippen LogP contribution is 2.37. The minimum atomic E-state index is -0.212. The Morgan fingerprint density at radius 1 is 1.53 bits per heavy atom. The summed E-state index contributed by atoms with van der Waals surface area (Å²) < 4.78 is -0.212. The molecule has 0 aromatic carbocycles. The van der Waals surface area contributed by atoms with E-state index < -0.39 is 0 Å². The largest absolute Gasteiger partial charge is 0.396 e. The van der Waals surface area contributed by atoms with Crippen LogP contribution in [0.4, 0.5) is 0 Å². The molecule has 2 atom stereocenters. The van der Waals surface area contributed by atoms with Crippen molar-refractivity contribution >= 4 is 17.7 Å². The number of nitrogens with one attached hydrogen (secondary N) is 1. The zero-order chi connectivity index (χ0) is 12.7. The molecule has 2 N–H and O–H groups in total. The molecule has 100 valence electrons. The monoisotopic (exact) mass is 259 g/mol. The molecule has 1 fully saturated rings. The van der Waals surface area contributed by atoms with Gasteiger partial charge in [-0.05, 0) is 44.3 Å². The fourth-order valence-corrected chi connectivity index (χ4v) is 3.55. The number of thioether (sulfide) groups is 1. The van der Waals surface area contributed by atoms with Crippen molar-refractivity contribution in [2.24, 2.45) is 5.92 Å². The Hall–Kier alpha value is -0.220. The van der Waals surface area contributed by atoms with Crippen LogP contribution in [0, 0.1) is 5.92 Å². The maximum atomic E-state index is 12.1. The molecular formula is C13H25NO2S. The van der Waals surface area contributed by atoms with Crippen LogP contribution in [0.5, 0.6) is 0 Å². The van der Waals surface area contributed by atoms with E-state index in [2.05, 4.69) is 12.2 Å². The maximum absolute atomic E-state index is 12.1. The fraction of sp³-hybridized carbons (Fsp3) is 0.923. The quantitative estimate of drug-likeness (QED) is 0.737. The summed E-state index contributed by atoms with van der Waals surface area (Å²) in [7, 11) is 0. The van der Waals surface area contributed by atoms with Gasteiger partial charge in [-0.2, -0.15) is 0 Å². The van der Waals surface area contributed by atoms with Gasteiger partial charge in [0, 0.05) is 13.2 Å². The van der Waals surface area contributed by atoms with E-state index in [0.29, 0.717) is 12.5 Å². The molecule has 0 bridgehead atoms. The highest BCUT2D eigenvalue weighted by Gasteiger charge is 2.37. The van der Waals surface area contributed by atoms with E-state index >= 15 is 0 Å². The molecule has 3 nitrogen and oxygen atoms in total. The van der Waals surface area contributed by atoms with Crippen LogP contribution in [0.25, 0.3) is 0 Å². The SMILES string of the molecule is CCCC(CCO)CNC(=O)C1(C)CCCS1. The minimum absolute atomic E-state index is 0.180. The first-order valence-corrected chi connectivity index (χ1v) is 7.64. The number of rotatable bonds is 7. The second-order valence-electron chi connectivity index (χ2n) is 5.06. The van der Waals surface area contributed by atoms with Crippen molar-refractivity contribution in [3.8, 4) is 0 Å². The second-order valence-corrected chi connectivity index (χ2v) is 6.66. The Labute approximate surface area is 109 Å². The van der Waals surface area contributed by atoms with E-state index in [9.17, 15) is 4.79 Å². The summed E-state index contributed by atoms with van der Waals surface area (Å²) in [6, 6.07) is 0. The highest BCUT2D eigenvalue weighted by molar-refractivity contribution is 8.01. The Kier molecular flexibility index (Phi) is 6.34. The van der Waals surface area contributed by atoms with Gasteiger partial charge in [-0.25, -0.2) is 0 Å². The van der Waals surface area contributed by atoms with Gasteiger partial charge in [0.1, 0.15) is 0 Å². The van der Waals surface area contributed by atoms with Crippen LogP contribution in [-0.2, 0) is 4.79 Å². The Morgan fingerprint density at radius 2 is 2.29 bits per heavy atom. The van der Waals surface area contributed by atoms with Crippen LogP contribution < -0.4 is 5.32 Å². The van der Waals surface area contributed by atoms with Crippen LogP contribution in [0.1, 0.15) is 46.0 Å². The molecule has 1 saturated heterocycles. The number of aliphatic hydroxyl groups is 1. The van der Waals surface area contributed by atoms with E-state index in [1.54, 1.807) is 11.8 Å². The molecule has 0 aromatic heterocycles. The Balaban J connectivity index is 2.34. The van der Waals surface area contributed by atoms with Crippen molar-refractivity contribution < 1.29 is 9.90 Å². The van der Waals surface area contributed by atoms with E-state index in [1.165, 1.54) is 0 Å². The number of hydrogen-bond donors (Lipinski definition) is 2. The molecule has 1 rings (SSSR count). The minimum Gasteiger partial charge on any atom is -0.396 e. The maximum Gasteiger partial charge on any atom is 0.235 e. The van der Waals surface area contributed by atoms with Gasteiger partial charge < -0.3 is 10.4 Å². The van der Waals surface area contributed by atoms with Gasteiger partial charge >= 0.3 is 0 Å². The smallest absolute Gasteiger partial charge is 0.235 e. The zero-order valence-corrected chi connectivity index (χ0v) is 11.8. The predicted octanol–water partition coefficient (Wildman–Crippen LogP) is 2.19. The van der Waals surface area contributed by atoms with Crippen molar-refractivity contribution in [2.45, 2.75) is 50.7 Å². The lowest BCUT2D eigenvalue weighted by molar-refractivity contribution is -0.123. The lowest BCUT2D eigenvalue weighted by atomic mass is 9.99. The number of amides is 1. The van der Waals surface area contributed by atoms with Crippen LogP contribution in [0.2, 0.25) is 0 Å². The first-order chi connectivity index (χ1) is 8.12. The molecule has 1 heterocycles. The third-order valence-electron chi connectivity index (χ3n) is 3.48. The fourth-order valence-electron chi connectivity index (χ4n) is 2.32. The average Bonchev–Trinajstić information content (AvgIpc) is 2.74. The molecule has 0 spiro atoms. The number of hydrogen-bond acceptors (Lipinski definition) is 3. The van der Waals surface area contributed by atoms with Gasteiger partial charge in [0.2, 0.25) is 5.91 Å². The van der Waals surface area contributed by atoms with E-state index in [-0.39, 0.29) is 17.3 Å². The van der Waals surface area contributed by atoms with Crippen molar-refractivity contribution in [1.82, 2.24) is 5.32 Å². The topological polar surface area (TPSA) is 49.3 Å². The molecule has 1 aliphatic rings. The third kappa shape index (κ3) is 4.51. The summed E-state index contributed by atoms with van der Waals surface area (Å²) in [6.45, 7) is 5.11. The van der Waals surface area contributed by atoms with E-state index in [1.807, 2.05) is 6.92 Å². The van der Waals surface area contributed by atoms with Gasteiger partial charge in [-0.1, -0.05) is 13.3 Å². The lowest BCUT2D eigenvalue weighted by Gasteiger charge is -2.23. The van der Waals surface area contributed by atoms with E-state index in [0.717, 1.165) is 37.9 Å². The van der Waals surface area contributed by atoms with Crippen molar-refractivity contribution in [3.63, 3.8) is 0 Å². The first-order valence-electron chi connectivity index (χ1n) is 6.65. The van der Waals surface area contributed by atoms with Gasteiger partial charge in [-0.15, -0.1) is 11.8 Å². The number of carbonyl (C=O) groups is 1. The van der Waals surface area contributed by atoms with Crippen LogP contribution >= 0.6 is 11.8 Å². The highest BCUT2D eigenvalue weighted by atomic mass is 32.2. The predicted molar refractivity (Wildman–Crippen MR) is 73.2 cm³/mol. The summed E-state index contributed by atoms with van der Waals surface area (Å²) in [6.07, 6.45) is 5.10. The average molecular weight is 259 g/mol. The molecule has 0 saturated carbocycles. The molecule has 2 unspecified atom stereocenters. The third-order valence-corrected chi connectivity index (χ3v) is 5.00. The first kappa shape index (κ1) is 14.8. The molecule has 0 radical (unpaired) electrons. The number of aliphatic hydroxyl groups excluding tert-OH is 1. The summed E-state index contributed by atoms with van der Waals surface area (Å²) in [5, 5.41) is 12.0. The second kappa shape index (κ2) is 7.27. The molecule has 0 aromatic rings. The normalized spacial score (nSPS) is 25.8. The molecule has 0 aliphatic carbocycles. The van der Waals surface area contributed by atoms with Crippen molar-refractivity contribution in [3.05, 3.63) is 0 Å². The standard InChI is InChI=1S/C13H25NO2S/c1-3-5-11(6-8-15)10-14-12(16)13(2)7-4-9-17-13/h11,15H,3-10H2,1-2H3,(H,14,16). The van der Waals surface area contributed by atoms with Crippen LogP contribution in [0.15, 0.2) is 0 Å². The van der Waals surface area contributed by atoms with Crippen LogP contribution in [-0.4, -0.2) is 34.7 Å². The molecule has 4 heteroatoms. The zero-order valence-electron chi connectivity index (χ0n) is 11.0. The molecule has 1 aliphatic heterocycles. The van der Waals surface area contributed by atoms with E-state index in [4.69, 9.17) is 5.11 Å². The number of carbonyl (C=O) groups excluding carboxylic acids is 1. The summed E-state index contributed by atoms with van der Waals surface area (Å²) in [4.78, 5) is 12.1. The van der Waals surface area contributed by atoms with Gasteiger partial charge in [0.15, 0.2) is 0 Å². The van der Waals surface area contributed by atoms with Crippen LogP contribution in [0.3, 0.4) is 0 Å². The summed E-state index contributed by atoms with van der Waals surface area (Å²) in [5.74, 6) is 1.70. The lowest BCUT2D eigenvalue weighted by Crippen LogP contribution is -2.42. The molecular weight excluding hydrogens is 234 g/mol.